The van der Waals surface area contributed by atoms with E-state index in [1.807, 2.05) is 69.3 Å². The van der Waals surface area contributed by atoms with E-state index < -0.39 is 41.1 Å². The molecule has 8 nitrogen and oxygen atoms in total. The summed E-state index contributed by atoms with van der Waals surface area (Å²) in [6.45, 7) is 13.3. The first kappa shape index (κ1) is 30.7. The number of hydrogen-bond acceptors (Lipinski definition) is 6. The minimum atomic E-state index is -1.25. The van der Waals surface area contributed by atoms with Crippen molar-refractivity contribution in [3.05, 3.63) is 90.5 Å². The van der Waals surface area contributed by atoms with Gasteiger partial charge in [-0.2, -0.15) is 0 Å². The second-order valence-corrected chi connectivity index (χ2v) is 12.0. The molecule has 3 aliphatic rings. The lowest BCUT2D eigenvalue weighted by molar-refractivity contribution is -0.161. The molecule has 8 heteroatoms. The predicted octanol–water partition coefficient (Wildman–Crippen LogP) is 4.31. The highest BCUT2D eigenvalue weighted by Crippen LogP contribution is 2.65. The molecule has 3 fully saturated rings. The Kier molecular flexibility index (Phi) is 8.63. The largest absolute Gasteiger partial charge is 0.461 e. The summed E-state index contributed by atoms with van der Waals surface area (Å²) < 4.78 is 12.4. The van der Waals surface area contributed by atoms with Gasteiger partial charge in [-0.15, -0.1) is 6.58 Å². The Morgan fingerprint density at radius 3 is 2.42 bits per heavy atom. The van der Waals surface area contributed by atoms with E-state index in [0.29, 0.717) is 25.7 Å². The summed E-state index contributed by atoms with van der Waals surface area (Å²) in [5.41, 5.74) is 1.33. The number of aliphatic hydroxyl groups is 1. The molecule has 0 aliphatic carbocycles. The van der Waals surface area contributed by atoms with Gasteiger partial charge < -0.3 is 24.4 Å². The molecule has 2 amide bonds. The van der Waals surface area contributed by atoms with Gasteiger partial charge in [0.15, 0.2) is 0 Å². The van der Waals surface area contributed by atoms with Gasteiger partial charge in [-0.25, -0.2) is 0 Å². The van der Waals surface area contributed by atoms with Gasteiger partial charge in [-0.05, 0) is 56.2 Å². The lowest BCUT2D eigenvalue weighted by atomic mass is 9.65. The van der Waals surface area contributed by atoms with Gasteiger partial charge in [0.05, 0.1) is 24.2 Å². The van der Waals surface area contributed by atoms with Crippen LogP contribution in [0.1, 0.15) is 42.9 Å². The molecular weight excluding hydrogens is 544 g/mol. The fourth-order valence-electron chi connectivity index (χ4n) is 7.85. The first-order valence-corrected chi connectivity index (χ1v) is 15.1. The number of hydrogen-bond donors (Lipinski definition) is 1. The standard InChI is InChI=1S/C35H42N2O6/c1-6-19-36(29-23(4)13-12-14-24(29)5)32(40)30-35-18-17-34(8-3,43-35)28(33(41)42-20-7-2)27(35)31(39)37(30)26(22-38)21-25-15-10-9-11-16-25/h6-7,9-16,26-28,30,38H,1-2,8,17-22H2,3-5H3/t26-,27+,28-,30?,34+,35?/m1/s1. The predicted molar refractivity (Wildman–Crippen MR) is 164 cm³/mol. The number of aliphatic hydroxyl groups excluding tert-OH is 1. The third kappa shape index (κ3) is 4.90. The fourth-order valence-corrected chi connectivity index (χ4v) is 7.85. The molecule has 2 bridgehead atoms. The topological polar surface area (TPSA) is 96.4 Å². The maximum Gasteiger partial charge on any atom is 0.313 e. The van der Waals surface area contributed by atoms with Crippen LogP contribution >= 0.6 is 0 Å². The van der Waals surface area contributed by atoms with Gasteiger partial charge in [0, 0.05) is 12.2 Å². The molecule has 2 aromatic carbocycles. The lowest BCUT2D eigenvalue weighted by Crippen LogP contribution is -2.59. The number of amides is 2. The lowest BCUT2D eigenvalue weighted by Gasteiger charge is -2.40. The van der Waals surface area contributed by atoms with E-state index >= 15 is 4.79 Å². The summed E-state index contributed by atoms with van der Waals surface area (Å²) in [5.74, 6) is -2.98. The van der Waals surface area contributed by atoms with Gasteiger partial charge in [0.25, 0.3) is 5.91 Å². The van der Waals surface area contributed by atoms with E-state index in [0.717, 1.165) is 22.4 Å². The Labute approximate surface area is 254 Å². The Morgan fingerprint density at radius 2 is 1.81 bits per heavy atom. The van der Waals surface area contributed by atoms with Crippen molar-refractivity contribution in [1.82, 2.24) is 4.90 Å². The fraction of sp³-hybridized carbons (Fsp3) is 0.457. The van der Waals surface area contributed by atoms with Crippen LogP contribution in [0.3, 0.4) is 0 Å². The number of esters is 1. The van der Waals surface area contributed by atoms with E-state index in [4.69, 9.17) is 9.47 Å². The monoisotopic (exact) mass is 586 g/mol. The highest BCUT2D eigenvalue weighted by Gasteiger charge is 2.79. The zero-order chi connectivity index (χ0) is 30.9. The molecule has 0 saturated carbocycles. The zero-order valence-corrected chi connectivity index (χ0v) is 25.3. The number of benzene rings is 2. The summed E-state index contributed by atoms with van der Waals surface area (Å²) in [5, 5.41) is 10.8. The quantitative estimate of drug-likeness (QED) is 0.294. The number of carbonyl (C=O) groups is 3. The van der Waals surface area contributed by atoms with E-state index in [2.05, 4.69) is 13.2 Å². The number of fused-ring (bicyclic) bond motifs is 1. The Bertz CT molecular complexity index is 1390. The van der Waals surface area contributed by atoms with Crippen LogP contribution in [0.4, 0.5) is 5.69 Å². The molecule has 6 atom stereocenters. The van der Waals surface area contributed by atoms with Crippen molar-refractivity contribution in [3.63, 3.8) is 0 Å². The van der Waals surface area contributed by atoms with E-state index in [-0.39, 0.29) is 31.6 Å². The highest BCUT2D eigenvalue weighted by molar-refractivity contribution is 6.05. The third-order valence-electron chi connectivity index (χ3n) is 9.66. The van der Waals surface area contributed by atoms with Crippen LogP contribution in [0.2, 0.25) is 0 Å². The van der Waals surface area contributed by atoms with Crippen LogP contribution in [-0.4, -0.2) is 70.8 Å². The van der Waals surface area contributed by atoms with Crippen molar-refractivity contribution in [2.45, 2.75) is 69.7 Å². The van der Waals surface area contributed by atoms with Crippen molar-refractivity contribution >= 4 is 23.5 Å². The number of para-hydroxylation sites is 1. The van der Waals surface area contributed by atoms with Gasteiger partial charge in [0.2, 0.25) is 5.91 Å². The summed E-state index contributed by atoms with van der Waals surface area (Å²) in [6, 6.07) is 13.7. The maximum atomic E-state index is 15.0. The summed E-state index contributed by atoms with van der Waals surface area (Å²) in [6.07, 6.45) is 4.96. The van der Waals surface area contributed by atoms with Crippen LogP contribution in [0.15, 0.2) is 73.8 Å². The average Bonchev–Trinajstić information content (AvgIpc) is 3.62. The minimum Gasteiger partial charge on any atom is -0.461 e. The van der Waals surface area contributed by atoms with Gasteiger partial charge in [-0.1, -0.05) is 74.2 Å². The molecule has 0 aromatic heterocycles. The minimum absolute atomic E-state index is 0.0159. The summed E-state index contributed by atoms with van der Waals surface area (Å²) in [7, 11) is 0. The molecule has 2 aromatic rings. The third-order valence-corrected chi connectivity index (χ3v) is 9.66. The normalized spacial score (nSPS) is 28.0. The number of anilines is 1. The van der Waals surface area contributed by atoms with Crippen LogP contribution in [0.5, 0.6) is 0 Å². The first-order chi connectivity index (χ1) is 20.7. The van der Waals surface area contributed by atoms with Crippen molar-refractivity contribution in [2.24, 2.45) is 11.8 Å². The number of ether oxygens (including phenoxy) is 2. The van der Waals surface area contributed by atoms with Crippen LogP contribution < -0.4 is 4.90 Å². The second kappa shape index (κ2) is 12.1. The number of aryl methyl sites for hydroxylation is 2. The molecule has 1 spiro atoms. The average molecular weight is 587 g/mol. The molecule has 3 saturated heterocycles. The number of carbonyl (C=O) groups excluding carboxylic acids is 3. The van der Waals surface area contributed by atoms with E-state index in [1.54, 1.807) is 11.0 Å². The SMILES string of the molecule is C=CCOC(=O)[C@H]1[C@H]2C(=O)N([C@@H](CO)Cc3ccccc3)C(C(=O)N(CC=C)c3c(C)cccc3C)C23CC[C@]1(CC)O3. The smallest absolute Gasteiger partial charge is 0.313 e. The Balaban J connectivity index is 1.67. The van der Waals surface area contributed by atoms with Crippen LogP contribution in [0.25, 0.3) is 0 Å². The van der Waals surface area contributed by atoms with Gasteiger partial charge in [0.1, 0.15) is 24.2 Å². The number of likely N-dealkylation sites (tertiary alicyclic amines) is 1. The molecule has 43 heavy (non-hydrogen) atoms. The molecule has 3 heterocycles. The van der Waals surface area contributed by atoms with Crippen molar-refractivity contribution < 1.29 is 29.0 Å². The molecular formula is C35H42N2O6. The molecule has 2 unspecified atom stereocenters. The Morgan fingerprint density at radius 1 is 1.12 bits per heavy atom. The van der Waals surface area contributed by atoms with Gasteiger partial charge in [-0.3, -0.25) is 14.4 Å². The second-order valence-electron chi connectivity index (χ2n) is 12.0. The van der Waals surface area contributed by atoms with Gasteiger partial charge >= 0.3 is 5.97 Å². The molecule has 1 N–H and O–H groups in total. The zero-order valence-electron chi connectivity index (χ0n) is 25.3. The molecule has 0 radical (unpaired) electrons. The van der Waals surface area contributed by atoms with E-state index in [9.17, 15) is 14.7 Å². The molecule has 228 valence electrons. The van der Waals surface area contributed by atoms with Crippen molar-refractivity contribution in [2.75, 3.05) is 24.7 Å². The number of rotatable bonds is 12. The number of nitrogens with zero attached hydrogens (tertiary/aromatic N) is 2. The van der Waals surface area contributed by atoms with Crippen LogP contribution in [0, 0.1) is 25.7 Å². The van der Waals surface area contributed by atoms with Crippen LogP contribution in [-0.2, 0) is 30.3 Å². The summed E-state index contributed by atoms with van der Waals surface area (Å²) >= 11 is 0. The first-order valence-electron chi connectivity index (χ1n) is 15.1. The highest BCUT2D eigenvalue weighted by atomic mass is 16.6. The van der Waals surface area contributed by atoms with Crippen molar-refractivity contribution in [3.8, 4) is 0 Å². The van der Waals surface area contributed by atoms with E-state index in [1.165, 1.54) is 11.0 Å². The molecule has 3 aliphatic heterocycles. The summed E-state index contributed by atoms with van der Waals surface area (Å²) in [4.78, 5) is 46.6. The maximum absolute atomic E-state index is 15.0. The van der Waals surface area contributed by atoms with Crippen molar-refractivity contribution in [1.29, 1.82) is 0 Å². The Hall–Kier alpha value is -3.75. The molecule has 5 rings (SSSR count).